The van der Waals surface area contributed by atoms with Crippen molar-refractivity contribution in [3.63, 3.8) is 0 Å². The number of aromatic nitrogens is 1. The number of carbonyl (C=O) groups excluding carboxylic acids is 1. The van der Waals surface area contributed by atoms with Crippen molar-refractivity contribution in [2.75, 3.05) is 49.2 Å². The van der Waals surface area contributed by atoms with Crippen molar-refractivity contribution in [3.8, 4) is 0 Å². The zero-order chi connectivity index (χ0) is 18.1. The minimum Gasteiger partial charge on any atom is -0.369 e. The molecule has 2 atom stereocenters. The predicted molar refractivity (Wildman–Crippen MR) is 107 cm³/mol. The van der Waals surface area contributed by atoms with E-state index in [1.165, 1.54) is 11.3 Å². The molecule has 2 amide bonds. The van der Waals surface area contributed by atoms with Gasteiger partial charge in [-0.1, -0.05) is 18.7 Å². The lowest BCUT2D eigenvalue weighted by molar-refractivity contribution is 0.165. The van der Waals surface area contributed by atoms with E-state index in [9.17, 15) is 4.79 Å². The van der Waals surface area contributed by atoms with E-state index < -0.39 is 0 Å². The van der Waals surface area contributed by atoms with E-state index >= 15 is 0 Å². The number of pyridine rings is 1. The molecule has 8 heteroatoms. The number of likely N-dealkylation sites (tertiary alicyclic amines) is 1. The molecule has 1 aromatic heterocycles. The summed E-state index contributed by atoms with van der Waals surface area (Å²) >= 11 is 1.62. The van der Waals surface area contributed by atoms with Gasteiger partial charge in [0, 0.05) is 55.9 Å². The first-order valence-corrected chi connectivity index (χ1v) is 10.3. The minimum atomic E-state index is -0.0231. The number of thioether (sulfide) groups is 1. The smallest absolute Gasteiger partial charge is 0.323 e. The van der Waals surface area contributed by atoms with Crippen LogP contribution in [0.5, 0.6) is 0 Å². The van der Waals surface area contributed by atoms with Crippen LogP contribution in [-0.2, 0) is 6.42 Å². The lowest BCUT2D eigenvalue weighted by Crippen LogP contribution is -2.55. The van der Waals surface area contributed by atoms with Crippen molar-refractivity contribution in [2.45, 2.75) is 25.8 Å². The zero-order valence-electron chi connectivity index (χ0n) is 15.4. The van der Waals surface area contributed by atoms with Gasteiger partial charge in [-0.15, -0.1) is 0 Å². The SMILES string of the molecule is C[C@@H]1CCN(C(=O)NC2=NCCS2)CC1N(C)c1ccnc2c1CCN2. The monoisotopic (exact) mass is 374 g/mol. The van der Waals surface area contributed by atoms with Crippen LogP contribution in [0, 0.1) is 5.92 Å². The van der Waals surface area contributed by atoms with Gasteiger partial charge < -0.3 is 15.1 Å². The molecule has 0 bridgehead atoms. The Labute approximate surface area is 158 Å². The lowest BCUT2D eigenvalue weighted by Gasteiger charge is -2.42. The molecule has 3 aliphatic rings. The van der Waals surface area contributed by atoms with Crippen molar-refractivity contribution in [1.29, 1.82) is 0 Å². The Morgan fingerprint density at radius 3 is 3.19 bits per heavy atom. The number of hydrogen-bond acceptors (Lipinski definition) is 6. The number of amidine groups is 1. The molecule has 0 aliphatic carbocycles. The molecule has 0 spiro atoms. The maximum absolute atomic E-state index is 12.6. The quantitative estimate of drug-likeness (QED) is 0.828. The van der Waals surface area contributed by atoms with Crippen LogP contribution in [0.4, 0.5) is 16.3 Å². The summed E-state index contributed by atoms with van der Waals surface area (Å²) in [4.78, 5) is 25.7. The Morgan fingerprint density at radius 2 is 2.38 bits per heavy atom. The van der Waals surface area contributed by atoms with Gasteiger partial charge in [-0.2, -0.15) is 0 Å². The zero-order valence-corrected chi connectivity index (χ0v) is 16.2. The maximum Gasteiger partial charge on any atom is 0.323 e. The van der Waals surface area contributed by atoms with Gasteiger partial charge in [0.05, 0.1) is 6.54 Å². The van der Waals surface area contributed by atoms with Gasteiger partial charge in [0.1, 0.15) is 5.82 Å². The highest BCUT2D eigenvalue weighted by Gasteiger charge is 2.33. The van der Waals surface area contributed by atoms with Gasteiger partial charge in [-0.3, -0.25) is 10.3 Å². The van der Waals surface area contributed by atoms with Crippen molar-refractivity contribution in [1.82, 2.24) is 15.2 Å². The molecule has 2 N–H and O–H groups in total. The molecule has 1 unspecified atom stereocenters. The minimum absolute atomic E-state index is 0.0231. The first-order chi connectivity index (χ1) is 12.6. The summed E-state index contributed by atoms with van der Waals surface area (Å²) in [6.45, 7) is 5.55. The Bertz CT molecular complexity index is 724. The predicted octanol–water partition coefficient (Wildman–Crippen LogP) is 2.01. The highest BCUT2D eigenvalue weighted by atomic mass is 32.2. The molecule has 4 heterocycles. The summed E-state index contributed by atoms with van der Waals surface area (Å²) in [5, 5.41) is 7.08. The first-order valence-electron chi connectivity index (χ1n) is 9.31. The second-order valence-corrected chi connectivity index (χ2v) is 8.27. The Kier molecular flexibility index (Phi) is 4.93. The van der Waals surface area contributed by atoms with Gasteiger partial charge in [0.15, 0.2) is 5.17 Å². The molecular weight excluding hydrogens is 348 g/mol. The van der Waals surface area contributed by atoms with E-state index in [0.29, 0.717) is 12.0 Å². The van der Waals surface area contributed by atoms with Gasteiger partial charge >= 0.3 is 6.03 Å². The van der Waals surface area contributed by atoms with Crippen LogP contribution in [-0.4, -0.2) is 66.1 Å². The van der Waals surface area contributed by atoms with E-state index in [0.717, 1.165) is 55.8 Å². The summed E-state index contributed by atoms with van der Waals surface area (Å²) in [6.07, 6.45) is 3.88. The molecular formula is C18H26N6OS. The van der Waals surface area contributed by atoms with E-state index in [-0.39, 0.29) is 6.03 Å². The number of piperidine rings is 1. The van der Waals surface area contributed by atoms with Gasteiger partial charge in [0.2, 0.25) is 0 Å². The molecule has 7 nitrogen and oxygen atoms in total. The molecule has 3 aliphatic heterocycles. The van der Waals surface area contributed by atoms with E-state index in [2.05, 4.69) is 45.5 Å². The largest absolute Gasteiger partial charge is 0.369 e. The summed E-state index contributed by atoms with van der Waals surface area (Å²) in [6, 6.07) is 2.37. The summed E-state index contributed by atoms with van der Waals surface area (Å²) in [5.74, 6) is 2.49. The summed E-state index contributed by atoms with van der Waals surface area (Å²) in [5.41, 5.74) is 2.52. The van der Waals surface area contributed by atoms with Crippen LogP contribution < -0.4 is 15.5 Å². The van der Waals surface area contributed by atoms with Gasteiger partial charge in [0.25, 0.3) is 0 Å². The Balaban J connectivity index is 1.48. The summed E-state index contributed by atoms with van der Waals surface area (Å²) in [7, 11) is 2.15. The number of amides is 2. The standard InChI is InChI=1S/C18H26N6OS/c1-12-5-9-24(18(25)22-17-21-8-10-26-17)11-15(12)23(2)14-4-7-20-16-13(14)3-6-19-16/h4,7,12,15H,3,5-6,8-11H2,1-2H3,(H,19,20)(H,21,22,25)/t12-,15?/m1/s1. The summed E-state index contributed by atoms with van der Waals surface area (Å²) < 4.78 is 0. The van der Waals surface area contributed by atoms with E-state index in [4.69, 9.17) is 0 Å². The molecule has 26 heavy (non-hydrogen) atoms. The van der Waals surface area contributed by atoms with Crippen LogP contribution in [0.15, 0.2) is 17.3 Å². The molecule has 140 valence electrons. The average Bonchev–Trinajstić information content (AvgIpc) is 3.32. The van der Waals surface area contributed by atoms with Crippen LogP contribution in [0.2, 0.25) is 0 Å². The molecule has 1 aromatic rings. The third-order valence-electron chi connectivity index (χ3n) is 5.58. The highest BCUT2D eigenvalue weighted by molar-refractivity contribution is 8.14. The fourth-order valence-electron chi connectivity index (χ4n) is 4.01. The average molecular weight is 375 g/mol. The number of nitrogens with zero attached hydrogens (tertiary/aromatic N) is 4. The fourth-order valence-corrected chi connectivity index (χ4v) is 4.73. The Morgan fingerprint density at radius 1 is 1.50 bits per heavy atom. The molecule has 0 radical (unpaired) electrons. The number of nitrogens with one attached hydrogen (secondary N) is 2. The number of carbonyl (C=O) groups is 1. The van der Waals surface area contributed by atoms with Crippen molar-refractivity contribution in [3.05, 3.63) is 17.8 Å². The van der Waals surface area contributed by atoms with Gasteiger partial charge in [-0.25, -0.2) is 9.78 Å². The van der Waals surface area contributed by atoms with Crippen LogP contribution in [0.25, 0.3) is 0 Å². The number of urea groups is 1. The van der Waals surface area contributed by atoms with Crippen molar-refractivity contribution < 1.29 is 4.79 Å². The van der Waals surface area contributed by atoms with Crippen molar-refractivity contribution >= 4 is 34.5 Å². The molecule has 4 rings (SSSR count). The highest BCUT2D eigenvalue weighted by Crippen LogP contribution is 2.33. The number of anilines is 2. The van der Waals surface area contributed by atoms with E-state index in [1.807, 2.05) is 11.1 Å². The van der Waals surface area contributed by atoms with E-state index in [1.54, 1.807) is 11.8 Å². The molecule has 1 fully saturated rings. The van der Waals surface area contributed by atoms with Crippen LogP contribution in [0.1, 0.15) is 18.9 Å². The second kappa shape index (κ2) is 7.34. The van der Waals surface area contributed by atoms with Crippen LogP contribution >= 0.6 is 11.8 Å². The Hall–Kier alpha value is -1.96. The first kappa shape index (κ1) is 17.5. The fraction of sp³-hybridized carbons (Fsp3) is 0.611. The van der Waals surface area contributed by atoms with Crippen molar-refractivity contribution in [2.24, 2.45) is 10.9 Å². The number of hydrogen-bond donors (Lipinski definition) is 2. The van der Waals surface area contributed by atoms with Gasteiger partial charge in [-0.05, 0) is 24.8 Å². The lowest BCUT2D eigenvalue weighted by atomic mass is 9.92. The number of likely N-dealkylation sites (N-methyl/N-ethyl adjacent to an activating group) is 1. The second-order valence-electron chi connectivity index (χ2n) is 7.19. The third-order valence-corrected chi connectivity index (χ3v) is 6.47. The molecule has 0 saturated carbocycles. The third kappa shape index (κ3) is 3.34. The molecule has 0 aromatic carbocycles. The number of aliphatic imine (C=N–C) groups is 1. The molecule has 1 saturated heterocycles. The number of rotatable bonds is 2. The van der Waals surface area contributed by atoms with Crippen LogP contribution in [0.3, 0.4) is 0 Å². The topological polar surface area (TPSA) is 72.9 Å². The maximum atomic E-state index is 12.6. The normalized spacial score (nSPS) is 24.7. The number of fused-ring (bicyclic) bond motifs is 1.